The third kappa shape index (κ3) is 2.39. The summed E-state index contributed by atoms with van der Waals surface area (Å²) in [6, 6.07) is 6.74. The van der Waals surface area contributed by atoms with E-state index in [-0.39, 0.29) is 0 Å². The molecule has 0 radical (unpaired) electrons. The lowest BCUT2D eigenvalue weighted by Gasteiger charge is -2.27. The van der Waals surface area contributed by atoms with E-state index >= 15 is 0 Å². The zero-order valence-electron chi connectivity index (χ0n) is 11.4. The first-order chi connectivity index (χ1) is 8.77. The van der Waals surface area contributed by atoms with Gasteiger partial charge in [0.15, 0.2) is 0 Å². The molecule has 2 heteroatoms. The Labute approximate surface area is 110 Å². The van der Waals surface area contributed by atoms with Gasteiger partial charge in [-0.15, -0.1) is 0 Å². The minimum absolute atomic E-state index is 0.372. The predicted molar refractivity (Wildman–Crippen MR) is 77.0 cm³/mol. The molecule has 1 aromatic carbocycles. The van der Waals surface area contributed by atoms with Gasteiger partial charge in [-0.1, -0.05) is 31.0 Å². The lowest BCUT2D eigenvalue weighted by Crippen LogP contribution is -2.39. The molecule has 1 aromatic rings. The largest absolute Gasteiger partial charge is 0.385 e. The van der Waals surface area contributed by atoms with E-state index in [0.717, 1.165) is 13.1 Å². The normalized spacial score (nSPS) is 21.4. The van der Waals surface area contributed by atoms with Gasteiger partial charge in [0.1, 0.15) is 0 Å². The SMILES string of the molecule is CC1(NCc2cccc3c2NCCC3)CCCC1. The molecule has 98 valence electrons. The number of anilines is 1. The first-order valence-corrected chi connectivity index (χ1v) is 7.37. The van der Waals surface area contributed by atoms with Crippen LogP contribution in [0.4, 0.5) is 5.69 Å². The summed E-state index contributed by atoms with van der Waals surface area (Å²) in [5.74, 6) is 0. The van der Waals surface area contributed by atoms with E-state index in [0.29, 0.717) is 5.54 Å². The van der Waals surface area contributed by atoms with Crippen LogP contribution in [-0.2, 0) is 13.0 Å². The van der Waals surface area contributed by atoms with Crippen LogP contribution in [0.2, 0.25) is 0 Å². The van der Waals surface area contributed by atoms with Crippen molar-refractivity contribution in [3.8, 4) is 0 Å². The molecule has 1 heterocycles. The van der Waals surface area contributed by atoms with E-state index in [1.807, 2.05) is 0 Å². The Morgan fingerprint density at radius 2 is 2.06 bits per heavy atom. The smallest absolute Gasteiger partial charge is 0.0418 e. The minimum Gasteiger partial charge on any atom is -0.385 e. The Morgan fingerprint density at radius 3 is 2.89 bits per heavy atom. The van der Waals surface area contributed by atoms with Crippen LogP contribution >= 0.6 is 0 Å². The molecule has 1 saturated carbocycles. The van der Waals surface area contributed by atoms with E-state index in [4.69, 9.17) is 0 Å². The molecule has 1 aliphatic heterocycles. The van der Waals surface area contributed by atoms with Crippen molar-refractivity contribution in [2.45, 2.75) is 57.5 Å². The van der Waals surface area contributed by atoms with E-state index in [2.05, 4.69) is 35.8 Å². The number of nitrogens with one attached hydrogen (secondary N) is 2. The zero-order valence-corrected chi connectivity index (χ0v) is 11.4. The van der Waals surface area contributed by atoms with Gasteiger partial charge in [-0.3, -0.25) is 0 Å². The van der Waals surface area contributed by atoms with Gasteiger partial charge in [-0.05, 0) is 43.7 Å². The highest BCUT2D eigenvalue weighted by molar-refractivity contribution is 5.59. The fourth-order valence-electron chi connectivity index (χ4n) is 3.37. The molecule has 0 unspecified atom stereocenters. The maximum Gasteiger partial charge on any atom is 0.0418 e. The van der Waals surface area contributed by atoms with Gasteiger partial charge < -0.3 is 10.6 Å². The molecule has 0 saturated heterocycles. The van der Waals surface area contributed by atoms with Crippen molar-refractivity contribution < 1.29 is 0 Å². The summed E-state index contributed by atoms with van der Waals surface area (Å²) in [7, 11) is 0. The topological polar surface area (TPSA) is 24.1 Å². The first-order valence-electron chi connectivity index (χ1n) is 7.37. The molecule has 3 rings (SSSR count). The van der Waals surface area contributed by atoms with Crippen molar-refractivity contribution in [3.05, 3.63) is 29.3 Å². The van der Waals surface area contributed by atoms with Crippen molar-refractivity contribution in [1.29, 1.82) is 0 Å². The highest BCUT2D eigenvalue weighted by Crippen LogP contribution is 2.31. The number of hydrogen-bond donors (Lipinski definition) is 2. The minimum atomic E-state index is 0.372. The number of para-hydroxylation sites is 1. The number of fused-ring (bicyclic) bond motifs is 1. The van der Waals surface area contributed by atoms with E-state index in [1.54, 1.807) is 0 Å². The summed E-state index contributed by atoms with van der Waals surface area (Å²) in [5, 5.41) is 7.36. The van der Waals surface area contributed by atoms with Crippen molar-refractivity contribution in [2.24, 2.45) is 0 Å². The van der Waals surface area contributed by atoms with Crippen LogP contribution in [0.15, 0.2) is 18.2 Å². The van der Waals surface area contributed by atoms with Crippen LogP contribution in [0.3, 0.4) is 0 Å². The summed E-state index contributed by atoms with van der Waals surface area (Å²) < 4.78 is 0. The fourth-order valence-corrected chi connectivity index (χ4v) is 3.37. The monoisotopic (exact) mass is 244 g/mol. The lowest BCUT2D eigenvalue weighted by atomic mass is 9.97. The molecule has 1 fully saturated rings. The summed E-state index contributed by atoms with van der Waals surface area (Å²) in [4.78, 5) is 0. The number of aryl methyl sites for hydroxylation is 1. The maximum absolute atomic E-state index is 3.78. The molecule has 18 heavy (non-hydrogen) atoms. The van der Waals surface area contributed by atoms with Crippen molar-refractivity contribution in [2.75, 3.05) is 11.9 Å². The molecular formula is C16H24N2. The van der Waals surface area contributed by atoms with Crippen LogP contribution in [0.25, 0.3) is 0 Å². The van der Waals surface area contributed by atoms with Crippen molar-refractivity contribution >= 4 is 5.69 Å². The van der Waals surface area contributed by atoms with Crippen LogP contribution in [0.1, 0.15) is 50.2 Å². The van der Waals surface area contributed by atoms with Gasteiger partial charge in [0.25, 0.3) is 0 Å². The second-order valence-electron chi connectivity index (χ2n) is 6.10. The second kappa shape index (κ2) is 4.93. The molecule has 1 aliphatic carbocycles. The Balaban J connectivity index is 1.72. The Hall–Kier alpha value is -1.02. The quantitative estimate of drug-likeness (QED) is 0.851. The molecule has 0 amide bonds. The summed E-state index contributed by atoms with van der Waals surface area (Å²) >= 11 is 0. The van der Waals surface area contributed by atoms with E-state index < -0.39 is 0 Å². The number of benzene rings is 1. The molecule has 0 spiro atoms. The van der Waals surface area contributed by atoms with Gasteiger partial charge in [-0.2, -0.15) is 0 Å². The van der Waals surface area contributed by atoms with Crippen LogP contribution in [0, 0.1) is 0 Å². The number of hydrogen-bond acceptors (Lipinski definition) is 2. The van der Waals surface area contributed by atoms with Crippen molar-refractivity contribution in [3.63, 3.8) is 0 Å². The van der Waals surface area contributed by atoms with E-state index in [1.165, 1.54) is 55.3 Å². The molecule has 2 nitrogen and oxygen atoms in total. The molecule has 0 atom stereocenters. The van der Waals surface area contributed by atoms with Crippen LogP contribution in [-0.4, -0.2) is 12.1 Å². The van der Waals surface area contributed by atoms with Gasteiger partial charge in [-0.25, -0.2) is 0 Å². The maximum atomic E-state index is 3.78. The van der Waals surface area contributed by atoms with Gasteiger partial charge in [0.2, 0.25) is 0 Å². The zero-order chi connectivity index (χ0) is 12.4. The fraction of sp³-hybridized carbons (Fsp3) is 0.625. The van der Waals surface area contributed by atoms with Crippen LogP contribution in [0.5, 0.6) is 0 Å². The Morgan fingerprint density at radius 1 is 1.22 bits per heavy atom. The third-order valence-electron chi connectivity index (χ3n) is 4.57. The molecule has 2 N–H and O–H groups in total. The van der Waals surface area contributed by atoms with Crippen molar-refractivity contribution in [1.82, 2.24) is 5.32 Å². The average molecular weight is 244 g/mol. The summed E-state index contributed by atoms with van der Waals surface area (Å²) in [6.07, 6.45) is 7.92. The second-order valence-corrected chi connectivity index (χ2v) is 6.10. The third-order valence-corrected chi connectivity index (χ3v) is 4.57. The standard InChI is InChI=1S/C16H24N2/c1-16(9-2-3-10-16)18-12-14-7-4-6-13-8-5-11-17-15(13)14/h4,6-7,17-18H,2-3,5,8-12H2,1H3. The van der Waals surface area contributed by atoms with Gasteiger partial charge in [0.05, 0.1) is 0 Å². The predicted octanol–water partition coefficient (Wildman–Crippen LogP) is 3.47. The Bertz CT molecular complexity index is 419. The average Bonchev–Trinajstić information content (AvgIpc) is 2.84. The first kappa shape index (κ1) is 12.0. The molecule has 0 aromatic heterocycles. The Kier molecular flexibility index (Phi) is 3.29. The van der Waals surface area contributed by atoms with Gasteiger partial charge >= 0.3 is 0 Å². The summed E-state index contributed by atoms with van der Waals surface area (Å²) in [5.41, 5.74) is 4.72. The number of rotatable bonds is 3. The summed E-state index contributed by atoms with van der Waals surface area (Å²) in [6.45, 7) is 4.51. The lowest BCUT2D eigenvalue weighted by molar-refractivity contribution is 0.363. The van der Waals surface area contributed by atoms with Gasteiger partial charge in [0, 0.05) is 24.3 Å². The highest BCUT2D eigenvalue weighted by atomic mass is 15.0. The van der Waals surface area contributed by atoms with E-state index in [9.17, 15) is 0 Å². The molecule has 0 bridgehead atoms. The molecular weight excluding hydrogens is 220 g/mol. The molecule has 2 aliphatic rings. The van der Waals surface area contributed by atoms with Crippen LogP contribution < -0.4 is 10.6 Å². The highest BCUT2D eigenvalue weighted by Gasteiger charge is 2.28.